The molecule has 1 aromatic rings. The van der Waals surface area contributed by atoms with Crippen LogP contribution in [0.4, 0.5) is 4.39 Å². The second-order valence-electron chi connectivity index (χ2n) is 3.13. The first-order chi connectivity index (χ1) is 5.81. The van der Waals surface area contributed by atoms with Gasteiger partial charge >= 0.3 is 0 Å². The Hall–Kier alpha value is -0.960. The highest BCUT2D eigenvalue weighted by Gasteiger charge is 2.24. The van der Waals surface area contributed by atoms with Crippen molar-refractivity contribution in [3.63, 3.8) is 0 Å². The molecule has 1 heterocycles. The summed E-state index contributed by atoms with van der Waals surface area (Å²) in [6.45, 7) is -0.323. The fourth-order valence-corrected chi connectivity index (χ4v) is 1.24. The highest BCUT2D eigenvalue weighted by atomic mass is 19.1. The molecule has 0 amide bonds. The molecule has 2 rings (SSSR count). The third-order valence-corrected chi connectivity index (χ3v) is 2.14. The molecule has 0 spiro atoms. The lowest BCUT2D eigenvalue weighted by molar-refractivity contribution is 0.270. The van der Waals surface area contributed by atoms with Crippen LogP contribution >= 0.6 is 0 Å². The highest BCUT2D eigenvalue weighted by molar-refractivity contribution is 5.23. The quantitative estimate of drug-likeness (QED) is 0.725. The van der Waals surface area contributed by atoms with Crippen molar-refractivity contribution in [2.45, 2.75) is 25.4 Å². The Labute approximate surface area is 70.1 Å². The van der Waals surface area contributed by atoms with E-state index in [4.69, 9.17) is 5.11 Å². The number of aromatic nitrogens is 1. The maximum Gasteiger partial charge on any atom is 0.147 e. The molecular weight excluding hydrogens is 157 g/mol. The lowest BCUT2D eigenvalue weighted by Gasteiger charge is -2.00. The summed E-state index contributed by atoms with van der Waals surface area (Å²) < 4.78 is 13.0. The summed E-state index contributed by atoms with van der Waals surface area (Å²) in [4.78, 5) is 3.83. The zero-order valence-electron chi connectivity index (χ0n) is 6.63. The molecule has 1 aliphatic rings. The van der Waals surface area contributed by atoms with Crippen molar-refractivity contribution in [1.29, 1.82) is 0 Å². The topological polar surface area (TPSA) is 33.1 Å². The van der Waals surface area contributed by atoms with Crippen LogP contribution in [0.15, 0.2) is 12.3 Å². The number of hydrogen-bond acceptors (Lipinski definition) is 2. The summed E-state index contributed by atoms with van der Waals surface area (Å²) in [5, 5.41) is 8.66. The predicted octanol–water partition coefficient (Wildman–Crippen LogP) is 1.59. The van der Waals surface area contributed by atoms with E-state index in [1.165, 1.54) is 6.07 Å². The van der Waals surface area contributed by atoms with Crippen molar-refractivity contribution in [3.05, 3.63) is 29.3 Å². The smallest absolute Gasteiger partial charge is 0.147 e. The summed E-state index contributed by atoms with van der Waals surface area (Å²) in [6, 6.07) is 1.48. The second-order valence-corrected chi connectivity index (χ2v) is 3.13. The van der Waals surface area contributed by atoms with Crippen LogP contribution in [-0.4, -0.2) is 10.1 Å². The van der Waals surface area contributed by atoms with Gasteiger partial charge in [0.1, 0.15) is 11.5 Å². The van der Waals surface area contributed by atoms with Gasteiger partial charge in [-0.15, -0.1) is 0 Å². The van der Waals surface area contributed by atoms with Crippen LogP contribution in [0.3, 0.4) is 0 Å². The number of nitrogens with zero attached hydrogens (tertiary/aromatic N) is 1. The zero-order valence-corrected chi connectivity index (χ0v) is 6.63. The van der Waals surface area contributed by atoms with Gasteiger partial charge in [0, 0.05) is 6.20 Å². The van der Waals surface area contributed by atoms with Gasteiger partial charge in [-0.3, -0.25) is 4.98 Å². The minimum atomic E-state index is -0.387. The summed E-state index contributed by atoms with van der Waals surface area (Å²) in [6.07, 6.45) is 3.94. The molecule has 0 aromatic carbocycles. The Morgan fingerprint density at radius 2 is 2.33 bits per heavy atom. The minimum absolute atomic E-state index is 0.138. The van der Waals surface area contributed by atoms with Gasteiger partial charge in [0.15, 0.2) is 0 Å². The van der Waals surface area contributed by atoms with Crippen LogP contribution in [0.5, 0.6) is 0 Å². The van der Waals surface area contributed by atoms with Gasteiger partial charge in [0.2, 0.25) is 0 Å². The maximum absolute atomic E-state index is 13.0. The molecule has 1 saturated carbocycles. The summed E-state index contributed by atoms with van der Waals surface area (Å²) in [5.74, 6) is 0.127. The van der Waals surface area contributed by atoms with E-state index in [0.29, 0.717) is 5.92 Å². The molecule has 1 N–H and O–H groups in total. The molecule has 1 aromatic heterocycles. The fraction of sp³-hybridized carbons (Fsp3) is 0.444. The summed E-state index contributed by atoms with van der Waals surface area (Å²) in [5.41, 5.74) is 1.10. The monoisotopic (exact) mass is 167 g/mol. The molecule has 12 heavy (non-hydrogen) atoms. The molecule has 1 fully saturated rings. The number of aliphatic hydroxyl groups excluding tert-OH is 1. The Kier molecular flexibility index (Phi) is 1.81. The first kappa shape index (κ1) is 7.68. The van der Waals surface area contributed by atoms with E-state index in [9.17, 15) is 4.39 Å². The van der Waals surface area contributed by atoms with E-state index in [2.05, 4.69) is 4.98 Å². The largest absolute Gasteiger partial charge is 0.390 e. The molecule has 64 valence electrons. The number of halogens is 1. The van der Waals surface area contributed by atoms with Gasteiger partial charge in [-0.1, -0.05) is 0 Å². The Morgan fingerprint density at radius 1 is 1.58 bits per heavy atom. The Balaban J connectivity index is 2.30. The SMILES string of the molecule is OCc1ncc(C2CC2)cc1F. The van der Waals surface area contributed by atoms with E-state index in [0.717, 1.165) is 18.4 Å². The lowest BCUT2D eigenvalue weighted by Crippen LogP contribution is -1.95. The van der Waals surface area contributed by atoms with Crippen LogP contribution in [0, 0.1) is 5.82 Å². The second kappa shape index (κ2) is 2.83. The van der Waals surface area contributed by atoms with Gasteiger partial charge in [0.25, 0.3) is 0 Å². The van der Waals surface area contributed by atoms with Crippen LogP contribution in [0.25, 0.3) is 0 Å². The highest BCUT2D eigenvalue weighted by Crippen LogP contribution is 2.39. The predicted molar refractivity (Wildman–Crippen MR) is 42.1 cm³/mol. The fourth-order valence-electron chi connectivity index (χ4n) is 1.24. The van der Waals surface area contributed by atoms with Crippen molar-refractivity contribution in [2.75, 3.05) is 0 Å². The van der Waals surface area contributed by atoms with Gasteiger partial charge in [-0.05, 0) is 30.4 Å². The van der Waals surface area contributed by atoms with Gasteiger partial charge < -0.3 is 5.11 Å². The lowest BCUT2D eigenvalue weighted by atomic mass is 10.2. The van der Waals surface area contributed by atoms with Crippen LogP contribution in [-0.2, 0) is 6.61 Å². The molecule has 2 nitrogen and oxygen atoms in total. The summed E-state index contributed by atoms with van der Waals surface area (Å²) in [7, 11) is 0. The van der Waals surface area contributed by atoms with Gasteiger partial charge in [-0.25, -0.2) is 4.39 Å². The van der Waals surface area contributed by atoms with Crippen molar-refractivity contribution >= 4 is 0 Å². The normalized spacial score (nSPS) is 16.5. The third kappa shape index (κ3) is 1.32. The van der Waals surface area contributed by atoms with Crippen molar-refractivity contribution in [2.24, 2.45) is 0 Å². The first-order valence-corrected chi connectivity index (χ1v) is 4.06. The number of pyridine rings is 1. The first-order valence-electron chi connectivity index (χ1n) is 4.06. The average molecular weight is 167 g/mol. The van der Waals surface area contributed by atoms with Gasteiger partial charge in [-0.2, -0.15) is 0 Å². The standard InChI is InChI=1S/C9H10FNO/c10-8-3-7(6-1-2-6)4-11-9(8)5-12/h3-4,6,12H,1-2,5H2. The molecule has 0 saturated heterocycles. The van der Waals surface area contributed by atoms with Gasteiger partial charge in [0.05, 0.1) is 6.61 Å². The molecule has 0 unspecified atom stereocenters. The van der Waals surface area contributed by atoms with Crippen LogP contribution in [0.1, 0.15) is 30.0 Å². The molecule has 0 bridgehead atoms. The van der Waals surface area contributed by atoms with Crippen molar-refractivity contribution in [1.82, 2.24) is 4.98 Å². The molecule has 1 aliphatic carbocycles. The zero-order chi connectivity index (χ0) is 8.55. The number of aliphatic hydroxyl groups is 1. The molecule has 0 radical (unpaired) electrons. The average Bonchev–Trinajstić information content (AvgIpc) is 2.86. The molecular formula is C9H10FNO. The molecule has 0 aliphatic heterocycles. The summed E-state index contributed by atoms with van der Waals surface area (Å²) >= 11 is 0. The van der Waals surface area contributed by atoms with E-state index in [1.54, 1.807) is 6.20 Å². The third-order valence-electron chi connectivity index (χ3n) is 2.14. The molecule has 3 heteroatoms. The maximum atomic E-state index is 13.0. The Morgan fingerprint density at radius 3 is 2.83 bits per heavy atom. The van der Waals surface area contributed by atoms with Crippen LogP contribution in [0.2, 0.25) is 0 Å². The van der Waals surface area contributed by atoms with E-state index in [1.807, 2.05) is 0 Å². The van der Waals surface area contributed by atoms with Crippen molar-refractivity contribution in [3.8, 4) is 0 Å². The molecule has 0 atom stereocenters. The van der Waals surface area contributed by atoms with E-state index in [-0.39, 0.29) is 18.1 Å². The minimum Gasteiger partial charge on any atom is -0.390 e. The van der Waals surface area contributed by atoms with Crippen molar-refractivity contribution < 1.29 is 9.50 Å². The Bertz CT molecular complexity index is 297. The number of hydrogen-bond donors (Lipinski definition) is 1. The van der Waals surface area contributed by atoms with Crippen LogP contribution < -0.4 is 0 Å². The van der Waals surface area contributed by atoms with E-state index < -0.39 is 0 Å². The van der Waals surface area contributed by atoms with E-state index >= 15 is 0 Å². The number of rotatable bonds is 2.